The van der Waals surface area contributed by atoms with Gasteiger partial charge in [-0.1, -0.05) is 29.3 Å². The second-order valence-electron chi connectivity index (χ2n) is 6.65. The molecule has 10 heteroatoms. The Balaban J connectivity index is 1.91. The highest BCUT2D eigenvalue weighted by Gasteiger charge is 2.46. The fraction of sp³-hybridized carbons (Fsp3) is 0.368. The molecule has 2 fully saturated rings. The van der Waals surface area contributed by atoms with E-state index in [9.17, 15) is 19.2 Å². The summed E-state index contributed by atoms with van der Waals surface area (Å²) >= 11 is 12.3. The maximum atomic E-state index is 13.1. The minimum absolute atomic E-state index is 0.0660. The van der Waals surface area contributed by atoms with Gasteiger partial charge in [-0.25, -0.2) is 9.69 Å². The molecule has 1 aromatic carbocycles. The predicted octanol–water partition coefficient (Wildman–Crippen LogP) is 2.27. The average molecular weight is 441 g/mol. The molecule has 0 unspecified atom stereocenters. The molecule has 154 valence electrons. The van der Waals surface area contributed by atoms with Crippen molar-refractivity contribution in [1.29, 1.82) is 0 Å². The molecular weight excluding hydrogens is 423 g/mol. The first-order valence-electron chi connectivity index (χ1n) is 8.93. The summed E-state index contributed by atoms with van der Waals surface area (Å²) in [5.41, 5.74) is 0.0685. The fourth-order valence-electron chi connectivity index (χ4n) is 3.41. The molecule has 2 saturated heterocycles. The maximum absolute atomic E-state index is 13.1. The van der Waals surface area contributed by atoms with Crippen LogP contribution in [-0.4, -0.2) is 59.0 Å². The van der Waals surface area contributed by atoms with E-state index in [4.69, 9.17) is 33.0 Å². The Labute approximate surface area is 176 Å². The van der Waals surface area contributed by atoms with Gasteiger partial charge in [-0.15, -0.1) is 0 Å². The quantitative estimate of drug-likeness (QED) is 0.537. The molecule has 2 atom stereocenters. The molecule has 3 rings (SSSR count). The van der Waals surface area contributed by atoms with E-state index in [0.29, 0.717) is 19.1 Å². The zero-order valence-electron chi connectivity index (χ0n) is 15.2. The minimum Gasteiger partial charge on any atom is -0.478 e. The number of para-hydroxylation sites is 1. The molecule has 0 aromatic heterocycles. The number of carboxylic acid groups (broad SMARTS) is 1. The van der Waals surface area contributed by atoms with Crippen molar-refractivity contribution in [2.24, 2.45) is 0 Å². The van der Waals surface area contributed by atoms with Gasteiger partial charge in [0.25, 0.3) is 5.91 Å². The van der Waals surface area contributed by atoms with Gasteiger partial charge in [-0.05, 0) is 25.0 Å². The smallest absolute Gasteiger partial charge is 0.328 e. The highest BCUT2D eigenvalue weighted by molar-refractivity contribution is 6.42. The number of hydrogen-bond acceptors (Lipinski definition) is 5. The molecule has 29 heavy (non-hydrogen) atoms. The average Bonchev–Trinajstić information content (AvgIpc) is 3.27. The number of carbonyl (C=O) groups excluding carboxylic acids is 3. The number of aliphatic carboxylic acids is 1. The van der Waals surface area contributed by atoms with Crippen molar-refractivity contribution >= 4 is 52.6 Å². The second kappa shape index (κ2) is 8.94. The third-order valence-electron chi connectivity index (χ3n) is 4.74. The van der Waals surface area contributed by atoms with Crippen molar-refractivity contribution in [3.05, 3.63) is 40.4 Å². The summed E-state index contributed by atoms with van der Waals surface area (Å²) in [6, 6.07) is 3.48. The molecule has 0 bridgehead atoms. The first-order valence-corrected chi connectivity index (χ1v) is 9.69. The lowest BCUT2D eigenvalue weighted by atomic mass is 10.1. The van der Waals surface area contributed by atoms with Gasteiger partial charge >= 0.3 is 5.97 Å². The SMILES string of the molecule is O=C(O)/C=C/C(=O)N(C[C@@H]1CCCO1)[C@@H]1CC(=O)N(c2c(Cl)cccc2Cl)C1=O. The Bertz CT molecular complexity index is 861. The number of halogens is 2. The van der Waals surface area contributed by atoms with E-state index in [0.717, 1.165) is 17.4 Å². The summed E-state index contributed by atoms with van der Waals surface area (Å²) in [7, 11) is 0. The number of ether oxygens (including phenoxy) is 1. The summed E-state index contributed by atoms with van der Waals surface area (Å²) < 4.78 is 5.54. The number of carboxylic acids is 1. The number of nitrogens with zero attached hydrogens (tertiary/aromatic N) is 2. The van der Waals surface area contributed by atoms with Gasteiger partial charge in [-0.3, -0.25) is 14.4 Å². The molecule has 3 amide bonds. The van der Waals surface area contributed by atoms with E-state index in [1.165, 1.54) is 17.0 Å². The van der Waals surface area contributed by atoms with Crippen LogP contribution in [0.2, 0.25) is 10.0 Å². The normalized spacial score (nSPS) is 21.9. The van der Waals surface area contributed by atoms with E-state index in [2.05, 4.69) is 0 Å². The Morgan fingerprint density at radius 3 is 2.52 bits per heavy atom. The van der Waals surface area contributed by atoms with Crippen LogP contribution >= 0.6 is 23.2 Å². The lowest BCUT2D eigenvalue weighted by Gasteiger charge is -2.29. The lowest BCUT2D eigenvalue weighted by Crippen LogP contribution is -2.48. The molecule has 1 N–H and O–H groups in total. The zero-order chi connectivity index (χ0) is 21.1. The summed E-state index contributed by atoms with van der Waals surface area (Å²) in [6.45, 7) is 0.604. The molecule has 0 aliphatic carbocycles. The number of hydrogen-bond donors (Lipinski definition) is 1. The van der Waals surface area contributed by atoms with Crippen LogP contribution in [0, 0.1) is 0 Å². The van der Waals surface area contributed by atoms with Gasteiger partial charge in [0.2, 0.25) is 11.8 Å². The fourth-order valence-corrected chi connectivity index (χ4v) is 3.98. The van der Waals surface area contributed by atoms with Crippen LogP contribution in [0.4, 0.5) is 5.69 Å². The highest BCUT2D eigenvalue weighted by atomic mass is 35.5. The molecule has 2 heterocycles. The van der Waals surface area contributed by atoms with Crippen LogP contribution in [0.5, 0.6) is 0 Å². The number of amides is 3. The first-order chi connectivity index (χ1) is 13.8. The maximum Gasteiger partial charge on any atom is 0.328 e. The number of carbonyl (C=O) groups is 4. The van der Waals surface area contributed by atoms with Gasteiger partial charge in [0.1, 0.15) is 6.04 Å². The van der Waals surface area contributed by atoms with Gasteiger partial charge in [-0.2, -0.15) is 0 Å². The van der Waals surface area contributed by atoms with Gasteiger partial charge in [0.05, 0.1) is 28.3 Å². The van der Waals surface area contributed by atoms with Crippen molar-refractivity contribution in [2.75, 3.05) is 18.1 Å². The third-order valence-corrected chi connectivity index (χ3v) is 5.35. The van der Waals surface area contributed by atoms with Crippen LogP contribution in [0.1, 0.15) is 19.3 Å². The predicted molar refractivity (Wildman–Crippen MR) is 105 cm³/mol. The van der Waals surface area contributed by atoms with Crippen LogP contribution in [0.3, 0.4) is 0 Å². The van der Waals surface area contributed by atoms with Crippen molar-refractivity contribution < 1.29 is 29.0 Å². The Morgan fingerprint density at radius 2 is 1.93 bits per heavy atom. The molecular formula is C19H18Cl2N2O6. The molecule has 0 saturated carbocycles. The van der Waals surface area contributed by atoms with Crippen molar-refractivity contribution in [3.8, 4) is 0 Å². The van der Waals surface area contributed by atoms with E-state index >= 15 is 0 Å². The van der Waals surface area contributed by atoms with Gasteiger partial charge in [0.15, 0.2) is 0 Å². The summed E-state index contributed by atoms with van der Waals surface area (Å²) in [4.78, 5) is 51.2. The second-order valence-corrected chi connectivity index (χ2v) is 7.47. The molecule has 2 aliphatic heterocycles. The van der Waals surface area contributed by atoms with Crippen molar-refractivity contribution in [2.45, 2.75) is 31.4 Å². The molecule has 8 nitrogen and oxygen atoms in total. The molecule has 0 radical (unpaired) electrons. The number of benzene rings is 1. The van der Waals surface area contributed by atoms with Gasteiger partial charge in [0, 0.05) is 25.3 Å². The van der Waals surface area contributed by atoms with Crippen LogP contribution < -0.4 is 4.90 Å². The summed E-state index contributed by atoms with van der Waals surface area (Å²) in [5, 5.41) is 9.05. The summed E-state index contributed by atoms with van der Waals surface area (Å²) in [5.74, 6) is -3.20. The number of rotatable bonds is 6. The lowest BCUT2D eigenvalue weighted by molar-refractivity contribution is -0.136. The van der Waals surface area contributed by atoms with Crippen molar-refractivity contribution in [1.82, 2.24) is 4.90 Å². The molecule has 1 aromatic rings. The Kier molecular flexibility index (Phi) is 6.56. The molecule has 0 spiro atoms. The minimum atomic E-state index is -1.30. The Morgan fingerprint density at radius 1 is 1.24 bits per heavy atom. The number of imide groups is 1. The first kappa shape index (κ1) is 21.3. The van der Waals surface area contributed by atoms with E-state index in [-0.39, 0.29) is 34.8 Å². The summed E-state index contributed by atoms with van der Waals surface area (Å²) in [6.07, 6.45) is 2.50. The topological polar surface area (TPSA) is 104 Å². The molecule has 2 aliphatic rings. The monoisotopic (exact) mass is 440 g/mol. The largest absolute Gasteiger partial charge is 0.478 e. The third kappa shape index (κ3) is 4.60. The van der Waals surface area contributed by atoms with Crippen LogP contribution in [0.15, 0.2) is 30.4 Å². The van der Waals surface area contributed by atoms with Crippen LogP contribution in [-0.2, 0) is 23.9 Å². The standard InChI is InChI=1S/C19H18Cl2N2O6/c20-12-4-1-5-13(21)18(12)23-16(25)9-14(19(23)28)22(10-11-3-2-8-29-11)15(24)6-7-17(26)27/h1,4-7,11,14H,2-3,8-10H2,(H,26,27)/b7-6+/t11-,14+/m0/s1. The number of anilines is 1. The zero-order valence-corrected chi connectivity index (χ0v) is 16.7. The van der Waals surface area contributed by atoms with E-state index in [1.807, 2.05) is 0 Å². The van der Waals surface area contributed by atoms with E-state index < -0.39 is 29.7 Å². The van der Waals surface area contributed by atoms with Gasteiger partial charge < -0.3 is 14.7 Å². The highest BCUT2D eigenvalue weighted by Crippen LogP contribution is 2.37. The Hall–Kier alpha value is -2.42. The van der Waals surface area contributed by atoms with Crippen molar-refractivity contribution in [3.63, 3.8) is 0 Å². The van der Waals surface area contributed by atoms with E-state index in [1.54, 1.807) is 6.07 Å². The van der Waals surface area contributed by atoms with Crippen LogP contribution in [0.25, 0.3) is 0 Å².